The van der Waals surface area contributed by atoms with Crippen LogP contribution >= 0.6 is 0 Å². The summed E-state index contributed by atoms with van der Waals surface area (Å²) in [7, 11) is 1.85. The third-order valence-corrected chi connectivity index (χ3v) is 3.09. The summed E-state index contributed by atoms with van der Waals surface area (Å²) in [5.74, 6) is 1.53. The maximum Gasteiger partial charge on any atom is 0.275 e. The number of benzene rings is 1. The van der Waals surface area contributed by atoms with E-state index in [4.69, 9.17) is 4.74 Å². The van der Waals surface area contributed by atoms with Gasteiger partial charge in [-0.1, -0.05) is 18.2 Å². The number of para-hydroxylation sites is 1. The number of rotatable bonds is 0. The van der Waals surface area contributed by atoms with Gasteiger partial charge >= 0.3 is 0 Å². The summed E-state index contributed by atoms with van der Waals surface area (Å²) in [6.45, 7) is 1.29. The first-order chi connectivity index (χ1) is 9.75. The van der Waals surface area contributed by atoms with E-state index in [0.29, 0.717) is 18.2 Å². The van der Waals surface area contributed by atoms with Crippen LogP contribution < -0.4 is 15.0 Å². The van der Waals surface area contributed by atoms with Crippen molar-refractivity contribution in [1.82, 2.24) is 15.3 Å². The molecule has 2 aliphatic rings. The van der Waals surface area contributed by atoms with E-state index in [1.807, 2.05) is 30.1 Å². The van der Waals surface area contributed by atoms with Crippen LogP contribution in [0.1, 0.15) is 16.1 Å². The van der Waals surface area contributed by atoms with Gasteiger partial charge in [0.05, 0.1) is 6.67 Å². The Morgan fingerprint density at radius 1 is 1.25 bits per heavy atom. The molecule has 0 atom stereocenters. The first-order valence-corrected chi connectivity index (χ1v) is 6.27. The molecule has 6 heteroatoms. The van der Waals surface area contributed by atoms with Crippen molar-refractivity contribution in [3.63, 3.8) is 0 Å². The Labute approximate surface area is 116 Å². The number of aromatic nitrogens is 2. The zero-order valence-electron chi connectivity index (χ0n) is 11.0. The monoisotopic (exact) mass is 270 g/mol. The van der Waals surface area contributed by atoms with E-state index in [0.717, 1.165) is 12.4 Å². The maximum atomic E-state index is 11.2. The predicted octanol–water partition coefficient (Wildman–Crippen LogP) is 1.19. The minimum absolute atomic E-state index is 0.156. The Morgan fingerprint density at radius 3 is 2.65 bits per heavy atom. The van der Waals surface area contributed by atoms with Crippen molar-refractivity contribution in [1.29, 1.82) is 0 Å². The Bertz CT molecular complexity index is 622. The minimum atomic E-state index is -0.156. The van der Waals surface area contributed by atoms with Gasteiger partial charge in [-0.25, -0.2) is 9.97 Å². The number of hydrogen-bond acceptors (Lipinski definition) is 5. The standard InChI is InChI=1S/C7H8N4O.C7H6O/c1-11-4-10-7(12)5-6(11)9-3-2-8-5;1-2-4-7-6(3-1)5-8-7/h2-3H,4H2,1H3,(H,10,12);1-4H,5H2. The van der Waals surface area contributed by atoms with Gasteiger partial charge < -0.3 is 15.0 Å². The van der Waals surface area contributed by atoms with Crippen molar-refractivity contribution in [3.8, 4) is 5.75 Å². The summed E-state index contributed by atoms with van der Waals surface area (Å²) >= 11 is 0. The van der Waals surface area contributed by atoms with Crippen molar-refractivity contribution in [3.05, 3.63) is 47.9 Å². The van der Waals surface area contributed by atoms with Gasteiger partial charge in [-0.3, -0.25) is 4.79 Å². The number of fused-ring (bicyclic) bond motifs is 2. The molecule has 1 N–H and O–H groups in total. The molecule has 4 rings (SSSR count). The van der Waals surface area contributed by atoms with E-state index >= 15 is 0 Å². The summed E-state index contributed by atoms with van der Waals surface area (Å²) in [5, 5.41) is 2.67. The Balaban J connectivity index is 0.000000131. The minimum Gasteiger partial charge on any atom is -0.488 e. The Kier molecular flexibility index (Phi) is 3.20. The zero-order chi connectivity index (χ0) is 13.9. The molecule has 0 unspecified atom stereocenters. The molecule has 1 aromatic carbocycles. The summed E-state index contributed by atoms with van der Waals surface area (Å²) < 4.78 is 5.08. The number of amides is 1. The summed E-state index contributed by atoms with van der Waals surface area (Å²) in [6, 6.07) is 8.08. The first kappa shape index (κ1) is 12.4. The molecule has 2 aromatic rings. The van der Waals surface area contributed by atoms with Crippen LogP contribution in [0.3, 0.4) is 0 Å². The molecule has 0 saturated heterocycles. The molecular weight excluding hydrogens is 256 g/mol. The van der Waals surface area contributed by atoms with Crippen molar-refractivity contribution in [2.45, 2.75) is 6.61 Å². The largest absolute Gasteiger partial charge is 0.488 e. The van der Waals surface area contributed by atoms with E-state index in [1.54, 1.807) is 6.20 Å². The van der Waals surface area contributed by atoms with Crippen LogP contribution in [-0.4, -0.2) is 29.6 Å². The molecule has 0 radical (unpaired) electrons. The average molecular weight is 270 g/mol. The maximum absolute atomic E-state index is 11.2. The van der Waals surface area contributed by atoms with E-state index in [2.05, 4.69) is 21.4 Å². The van der Waals surface area contributed by atoms with E-state index in [-0.39, 0.29) is 5.91 Å². The van der Waals surface area contributed by atoms with Gasteiger partial charge in [-0.05, 0) is 6.07 Å². The van der Waals surface area contributed by atoms with Gasteiger partial charge in [-0.15, -0.1) is 0 Å². The highest BCUT2D eigenvalue weighted by atomic mass is 16.5. The lowest BCUT2D eigenvalue weighted by molar-refractivity contribution is 0.0942. The molecule has 102 valence electrons. The van der Waals surface area contributed by atoms with Crippen molar-refractivity contribution >= 4 is 11.7 Å². The number of carbonyl (C=O) groups excluding carboxylic acids is 1. The fraction of sp³-hybridized carbons (Fsp3) is 0.214. The molecule has 0 fully saturated rings. The van der Waals surface area contributed by atoms with Gasteiger partial charge in [0.15, 0.2) is 11.5 Å². The highest BCUT2D eigenvalue weighted by Crippen LogP contribution is 2.27. The number of carbonyl (C=O) groups is 1. The van der Waals surface area contributed by atoms with E-state index in [9.17, 15) is 4.79 Å². The summed E-state index contributed by atoms with van der Waals surface area (Å²) in [5.41, 5.74) is 1.72. The predicted molar refractivity (Wildman–Crippen MR) is 73.5 cm³/mol. The molecule has 2 aliphatic heterocycles. The van der Waals surface area contributed by atoms with E-state index < -0.39 is 0 Å². The zero-order valence-corrected chi connectivity index (χ0v) is 11.0. The molecule has 20 heavy (non-hydrogen) atoms. The number of ether oxygens (including phenoxy) is 1. The Morgan fingerprint density at radius 2 is 2.05 bits per heavy atom. The van der Waals surface area contributed by atoms with Gasteiger partial charge in [0.25, 0.3) is 5.91 Å². The van der Waals surface area contributed by atoms with Crippen LogP contribution in [0.25, 0.3) is 0 Å². The van der Waals surface area contributed by atoms with Crippen LogP contribution in [0, 0.1) is 0 Å². The van der Waals surface area contributed by atoms with Crippen molar-refractivity contribution in [2.75, 3.05) is 18.6 Å². The highest BCUT2D eigenvalue weighted by Gasteiger charge is 2.21. The van der Waals surface area contributed by atoms with Crippen LogP contribution in [0.5, 0.6) is 5.75 Å². The second-order valence-corrected chi connectivity index (χ2v) is 4.49. The molecule has 3 heterocycles. The third kappa shape index (κ3) is 2.27. The van der Waals surface area contributed by atoms with Crippen molar-refractivity contribution < 1.29 is 9.53 Å². The third-order valence-electron chi connectivity index (χ3n) is 3.09. The van der Waals surface area contributed by atoms with E-state index in [1.165, 1.54) is 11.8 Å². The second kappa shape index (κ2) is 5.16. The molecule has 0 spiro atoms. The fourth-order valence-electron chi connectivity index (χ4n) is 1.96. The SMILES string of the molecule is CN1CNC(=O)c2nccnc21.c1ccc2c(c1)CO2. The lowest BCUT2D eigenvalue weighted by Crippen LogP contribution is -2.42. The number of anilines is 1. The topological polar surface area (TPSA) is 67.4 Å². The van der Waals surface area contributed by atoms with Gasteiger partial charge in [0.1, 0.15) is 12.4 Å². The smallest absolute Gasteiger partial charge is 0.275 e. The molecule has 1 aromatic heterocycles. The van der Waals surface area contributed by atoms with Crippen LogP contribution in [0.4, 0.5) is 5.82 Å². The van der Waals surface area contributed by atoms with Crippen molar-refractivity contribution in [2.24, 2.45) is 0 Å². The highest BCUT2D eigenvalue weighted by molar-refractivity contribution is 5.98. The first-order valence-electron chi connectivity index (χ1n) is 6.27. The molecule has 0 aliphatic carbocycles. The number of nitrogens with one attached hydrogen (secondary N) is 1. The molecule has 6 nitrogen and oxygen atoms in total. The van der Waals surface area contributed by atoms with Crippen LogP contribution in [-0.2, 0) is 6.61 Å². The normalized spacial score (nSPS) is 14.7. The van der Waals surface area contributed by atoms with Crippen LogP contribution in [0.15, 0.2) is 36.7 Å². The summed E-state index contributed by atoms with van der Waals surface area (Å²) in [6.07, 6.45) is 3.09. The van der Waals surface area contributed by atoms with Gasteiger partial charge in [0.2, 0.25) is 0 Å². The van der Waals surface area contributed by atoms with Gasteiger partial charge in [0, 0.05) is 25.0 Å². The molecule has 0 saturated carbocycles. The molecule has 1 amide bonds. The molecular formula is C14H14N4O2. The average Bonchev–Trinajstić information content (AvgIpc) is 2.46. The quantitative estimate of drug-likeness (QED) is 0.779. The Hall–Kier alpha value is -2.63. The lowest BCUT2D eigenvalue weighted by atomic mass is 10.1. The second-order valence-electron chi connectivity index (χ2n) is 4.49. The summed E-state index contributed by atoms with van der Waals surface area (Å²) in [4.78, 5) is 21.0. The van der Waals surface area contributed by atoms with Crippen LogP contribution in [0.2, 0.25) is 0 Å². The number of hydrogen-bond donors (Lipinski definition) is 1. The number of nitrogens with zero attached hydrogens (tertiary/aromatic N) is 3. The lowest BCUT2D eigenvalue weighted by Gasteiger charge is -2.24. The van der Waals surface area contributed by atoms with Gasteiger partial charge in [-0.2, -0.15) is 0 Å². The molecule has 0 bridgehead atoms. The fourth-order valence-corrected chi connectivity index (χ4v) is 1.96.